The highest BCUT2D eigenvalue weighted by molar-refractivity contribution is 6.10. The summed E-state index contributed by atoms with van der Waals surface area (Å²) in [4.78, 5) is 119. The Morgan fingerprint density at radius 2 is 0.628 bits per heavy atom. The Kier molecular flexibility index (Phi) is 34.2. The lowest BCUT2D eigenvalue weighted by Crippen LogP contribution is -2.51. The number of fused-ring (bicyclic) bond motifs is 2. The van der Waals surface area contributed by atoms with Crippen LogP contribution in [0, 0.1) is 32.5 Å². The minimum Gasteiger partial charge on any atom is -0.456 e. The predicted molar refractivity (Wildman–Crippen MR) is 500 cm³/mol. The second-order valence-corrected chi connectivity index (χ2v) is 31.1. The molecule has 0 bridgehead atoms. The molecule has 0 atom stereocenters. The van der Waals surface area contributed by atoms with E-state index in [4.69, 9.17) is 77.0 Å². The summed E-state index contributed by atoms with van der Waals surface area (Å²) in [5.41, 5.74) is 51.1. The summed E-state index contributed by atoms with van der Waals surface area (Å²) in [6.45, 7) is 6.37. The highest BCUT2D eigenvalue weighted by Crippen LogP contribution is 2.43. The van der Waals surface area contributed by atoms with Crippen molar-refractivity contribution < 1.29 is 38.0 Å². The van der Waals surface area contributed by atoms with Gasteiger partial charge in [-0.05, 0) is 124 Å². The number of anilines is 1. The SMILES string of the molecule is CCN(CC)c1ccc2c(-c3ccccc3C(=O)N(CC(=O)N(CC(=O)N(CC(=O)N(CC(=O)N(CC(=O)N(CC(N)=O)Cc3cccc(CNC(=N)N)c3)Cc3cccc(CNC(=N)N)c3)Cc3cccc(CNC(=N)N)c3)Cc3cccc(CNC(=N)N)c3)Cc3cccc(CNC(=N)N)c3)Cc3cccc(CNC(=N)N)c3)c3ccc(=[N+](CC)CC)cc-3oc2c1. The molecule has 10 rings (SSSR count). The molecule has 129 heavy (non-hydrogen) atoms. The molecule has 8 aromatic rings. The van der Waals surface area contributed by atoms with E-state index < -0.39 is 80.6 Å². The smallest absolute Gasteiger partial charge is 0.255 e. The minimum atomic E-state index is -0.858. The fraction of sp³-hybridized carbons (Fsp3) is 0.277. The van der Waals surface area contributed by atoms with Crippen molar-refractivity contribution in [2.24, 2.45) is 40.1 Å². The molecule has 1 aliphatic carbocycles. The molecule has 0 spiro atoms. The quantitative estimate of drug-likeness (QED) is 0.0103. The lowest BCUT2D eigenvalue weighted by molar-refractivity contribution is -0.148. The number of primary amides is 1. The maximum absolute atomic E-state index is 16.6. The van der Waals surface area contributed by atoms with Gasteiger partial charge in [-0.2, -0.15) is 0 Å². The summed E-state index contributed by atoms with van der Waals surface area (Å²) >= 11 is 0. The van der Waals surface area contributed by atoms with Crippen LogP contribution in [0.4, 0.5) is 5.69 Å². The summed E-state index contributed by atoms with van der Waals surface area (Å²) in [5.74, 6) is -6.37. The van der Waals surface area contributed by atoms with E-state index in [1.165, 1.54) is 29.4 Å². The predicted octanol–water partition coefficient (Wildman–Crippen LogP) is 5.03. The summed E-state index contributed by atoms with van der Waals surface area (Å²) in [6.07, 6.45) is 0. The lowest BCUT2D eigenvalue weighted by atomic mass is 9.90. The van der Waals surface area contributed by atoms with Crippen molar-refractivity contribution in [2.75, 3.05) is 70.3 Å². The molecule has 0 radical (unpaired) electrons. The van der Waals surface area contributed by atoms with E-state index in [2.05, 4.69) is 69.1 Å². The van der Waals surface area contributed by atoms with Gasteiger partial charge in [-0.15, -0.1) is 0 Å². The number of carbonyl (C=O) groups excluding carboxylic acids is 7. The molecule has 35 heteroatoms. The number of nitrogens with one attached hydrogen (secondary N) is 12. The van der Waals surface area contributed by atoms with Gasteiger partial charge in [0.15, 0.2) is 35.8 Å². The number of carbonyl (C=O) groups is 7. The third kappa shape index (κ3) is 28.3. The number of guanidine groups is 6. The fourth-order valence-electron chi connectivity index (χ4n) is 15.2. The standard InChI is InChI=1S/C94H115N27O8/c1-5-114(6-2)73-31-33-77-79(41-73)129-80-42-74(115(7-3)8-4)32-34-78(80)87(77)75-29-9-10-30-76(75)88(128)121(54-72-28-16-22-66(40-72)48-113-94(106)107)60-86(127)120(53-71-27-15-21-65(39-71)47-112-93(104)105)59-85(126)119(52-70-26-14-20-64(38-70)46-111-92(102)103)58-84(125)118(51-69-25-13-19-63(37-69)45-110-91(100)101)57-83(124)117(50-68-24-12-18-62(36-68)44-109-90(98)99)56-82(123)116(55-81(95)122)49-67-23-11-17-61(35-67)43-108-89(96)97/h9-42H,5-8,43-60H2,1-4H3,(H25-,95,96,97,98,99,100,101,102,103,104,105,106,107,108,109,110,111,112,113,122)/p+1. The number of nitrogens with two attached hydrogens (primary N) is 7. The molecule has 7 amide bonds. The number of benzene rings is 9. The summed E-state index contributed by atoms with van der Waals surface area (Å²) in [5, 5.41) is 66.0. The topological polar surface area (TPSA) is 556 Å². The minimum absolute atomic E-state index is 0.0887. The maximum Gasteiger partial charge on any atom is 0.255 e. The average molecular weight is 1750 g/mol. The van der Waals surface area contributed by atoms with Crippen LogP contribution in [0.5, 0.6) is 0 Å². The lowest BCUT2D eigenvalue weighted by Gasteiger charge is -2.32. The summed E-state index contributed by atoms with van der Waals surface area (Å²) < 4.78 is 9.13. The van der Waals surface area contributed by atoms with Crippen molar-refractivity contribution >= 4 is 93.8 Å². The van der Waals surface area contributed by atoms with Crippen LogP contribution >= 0.6 is 0 Å². The number of amides is 7. The van der Waals surface area contributed by atoms with Gasteiger partial charge in [0, 0.05) is 132 Å². The summed E-state index contributed by atoms with van der Waals surface area (Å²) in [6, 6.07) is 61.5. The first kappa shape index (κ1) is 95.4. The van der Waals surface area contributed by atoms with Crippen LogP contribution in [0.25, 0.3) is 33.4 Å². The molecule has 1 heterocycles. The third-order valence-electron chi connectivity index (χ3n) is 21.5. The second-order valence-electron chi connectivity index (χ2n) is 31.1. The van der Waals surface area contributed by atoms with Crippen LogP contribution in [0.3, 0.4) is 0 Å². The van der Waals surface area contributed by atoms with Gasteiger partial charge in [-0.3, -0.25) is 66.0 Å². The second kappa shape index (κ2) is 46.2. The van der Waals surface area contributed by atoms with Crippen LogP contribution in [-0.2, 0) is 107 Å². The van der Waals surface area contributed by atoms with Gasteiger partial charge < -0.3 is 111 Å². The Hall–Kier alpha value is -15.8. The van der Waals surface area contributed by atoms with Crippen molar-refractivity contribution in [3.8, 4) is 22.5 Å². The van der Waals surface area contributed by atoms with Crippen LogP contribution in [0.1, 0.15) is 105 Å². The highest BCUT2D eigenvalue weighted by atomic mass is 16.3. The maximum atomic E-state index is 16.6. The molecule has 0 saturated carbocycles. The Balaban J connectivity index is 1.09. The van der Waals surface area contributed by atoms with Crippen LogP contribution in [0.2, 0.25) is 0 Å². The molecule has 0 unspecified atom stereocenters. The van der Waals surface area contributed by atoms with Gasteiger partial charge >= 0.3 is 0 Å². The molecule has 0 fully saturated rings. The van der Waals surface area contributed by atoms with Gasteiger partial charge in [0.05, 0.1) is 12.6 Å². The molecule has 1 aliphatic heterocycles. The third-order valence-corrected chi connectivity index (χ3v) is 21.5. The van der Waals surface area contributed by atoms with Gasteiger partial charge in [-0.1, -0.05) is 164 Å². The number of hydrogen-bond donors (Lipinski definition) is 19. The highest BCUT2D eigenvalue weighted by Gasteiger charge is 2.33. The van der Waals surface area contributed by atoms with E-state index in [0.717, 1.165) is 37.2 Å². The van der Waals surface area contributed by atoms with Crippen molar-refractivity contribution in [1.29, 1.82) is 32.5 Å². The normalized spacial score (nSPS) is 10.9. The number of rotatable bonds is 43. The Bertz CT molecular complexity index is 5800. The summed E-state index contributed by atoms with van der Waals surface area (Å²) in [7, 11) is 0. The van der Waals surface area contributed by atoms with Crippen molar-refractivity contribution in [2.45, 2.75) is 106 Å². The zero-order valence-electron chi connectivity index (χ0n) is 73.1. The average Bonchev–Trinajstić information content (AvgIpc) is 0.741. The van der Waals surface area contributed by atoms with Gasteiger partial charge in [-0.25, -0.2) is 4.58 Å². The van der Waals surface area contributed by atoms with Crippen molar-refractivity contribution in [3.63, 3.8) is 0 Å². The molecule has 0 aromatic heterocycles. The fourth-order valence-corrected chi connectivity index (χ4v) is 15.2. The van der Waals surface area contributed by atoms with E-state index >= 15 is 28.8 Å². The van der Waals surface area contributed by atoms with Gasteiger partial charge in [0.1, 0.15) is 57.2 Å². The zero-order valence-corrected chi connectivity index (χ0v) is 73.1. The first-order valence-corrected chi connectivity index (χ1v) is 42.3. The first-order chi connectivity index (χ1) is 61.9. The molecular formula is C94H116N27O8+. The Labute approximate surface area is 749 Å². The molecule has 35 nitrogen and oxygen atoms in total. The molecule has 2 aliphatic rings. The molecule has 8 aromatic carbocycles. The largest absolute Gasteiger partial charge is 0.456 e. The zero-order chi connectivity index (χ0) is 92.8. The molecule has 674 valence electrons. The van der Waals surface area contributed by atoms with E-state index in [9.17, 15) is 4.79 Å². The van der Waals surface area contributed by atoms with E-state index in [-0.39, 0.29) is 120 Å². The van der Waals surface area contributed by atoms with Crippen LogP contribution in [-0.4, -0.2) is 172 Å². The van der Waals surface area contributed by atoms with E-state index in [1.807, 2.05) is 66.7 Å². The van der Waals surface area contributed by atoms with E-state index in [0.29, 0.717) is 100 Å². The van der Waals surface area contributed by atoms with Crippen molar-refractivity contribution in [3.05, 3.63) is 284 Å². The monoisotopic (exact) mass is 1750 g/mol. The van der Waals surface area contributed by atoms with Crippen LogP contribution < -0.4 is 86.9 Å². The number of nitrogens with zero attached hydrogens (tertiary/aromatic N) is 8. The first-order valence-electron chi connectivity index (χ1n) is 42.3. The molecule has 0 saturated heterocycles. The van der Waals surface area contributed by atoms with Crippen LogP contribution in [0.15, 0.2) is 211 Å². The Morgan fingerprint density at radius 1 is 0.326 bits per heavy atom. The Morgan fingerprint density at radius 3 is 0.938 bits per heavy atom. The number of hydrogen-bond acceptors (Lipinski definition) is 15. The van der Waals surface area contributed by atoms with Gasteiger partial charge in [0.2, 0.25) is 40.8 Å². The van der Waals surface area contributed by atoms with Crippen molar-refractivity contribution in [1.82, 2.24) is 65.9 Å². The van der Waals surface area contributed by atoms with E-state index in [1.54, 1.807) is 140 Å². The molecular weight excluding hydrogens is 1640 g/mol. The molecule has 26 N–H and O–H groups in total. The van der Waals surface area contributed by atoms with Gasteiger partial charge in [0.25, 0.3) is 5.91 Å².